The third-order valence-corrected chi connectivity index (χ3v) is 18.7. The van der Waals surface area contributed by atoms with Gasteiger partial charge in [-0.15, -0.1) is 0 Å². The maximum atomic E-state index is 14.9. The zero-order chi connectivity index (χ0) is 86.2. The van der Waals surface area contributed by atoms with Crippen LogP contribution in [0.25, 0.3) is 10.9 Å². The van der Waals surface area contributed by atoms with E-state index in [2.05, 4.69) is 73.4 Å². The van der Waals surface area contributed by atoms with E-state index < -0.39 is 212 Å². The largest absolute Gasteiger partial charge is 0.508 e. The number of aliphatic imine (C=N–C) groups is 1. The second kappa shape index (κ2) is 45.7. The zero-order valence-corrected chi connectivity index (χ0v) is 65.3. The Kier molecular flexibility index (Phi) is 36.2. The van der Waals surface area contributed by atoms with Gasteiger partial charge in [-0.25, -0.2) is 0 Å². The number of para-hydroxylation sites is 1. The Morgan fingerprint density at radius 1 is 0.513 bits per heavy atom. The summed E-state index contributed by atoms with van der Waals surface area (Å²) in [5.74, 6) is -17.3. The summed E-state index contributed by atoms with van der Waals surface area (Å²) in [6.07, 6.45) is 1.44. The van der Waals surface area contributed by atoms with Crippen LogP contribution in [0.2, 0.25) is 0 Å². The molecule has 2 aromatic heterocycles. The number of likely N-dealkylation sites (tertiary alicyclic amines) is 1. The number of primary amides is 4. The van der Waals surface area contributed by atoms with Gasteiger partial charge in [-0.05, 0) is 96.9 Å². The first kappa shape index (κ1) is 92.7. The molecule has 0 spiro atoms. The van der Waals surface area contributed by atoms with Crippen molar-refractivity contribution in [2.24, 2.45) is 57.0 Å². The van der Waals surface area contributed by atoms with E-state index in [4.69, 9.17) is 40.1 Å². The number of aliphatic hydroxyl groups excluding tert-OH is 1. The van der Waals surface area contributed by atoms with E-state index in [1.54, 1.807) is 80.6 Å². The average molecular weight is 1630 g/mol. The Morgan fingerprint density at radius 3 is 1.53 bits per heavy atom. The van der Waals surface area contributed by atoms with Gasteiger partial charge in [0, 0.05) is 68.3 Å². The molecule has 0 aliphatic carbocycles. The number of phenolic OH excluding ortho intramolecular Hbond substituents is 1. The lowest BCUT2D eigenvalue weighted by molar-refractivity contribution is -0.141. The van der Waals surface area contributed by atoms with Gasteiger partial charge in [0.2, 0.25) is 94.5 Å². The normalized spacial score (nSPS) is 15.2. The maximum absolute atomic E-state index is 14.9. The van der Waals surface area contributed by atoms with Crippen LogP contribution in [0.1, 0.15) is 108 Å². The molecular formula is C77H106N22O18. The molecule has 16 amide bonds. The zero-order valence-electron chi connectivity index (χ0n) is 65.3. The van der Waals surface area contributed by atoms with E-state index in [0.29, 0.717) is 40.4 Å². The number of aromatic amines is 1. The van der Waals surface area contributed by atoms with Crippen molar-refractivity contribution in [3.63, 3.8) is 0 Å². The van der Waals surface area contributed by atoms with Gasteiger partial charge in [-0.2, -0.15) is 0 Å². The Balaban J connectivity index is 1.20. The Hall–Kier alpha value is -13.1. The number of fused-ring (bicyclic) bond motifs is 1. The summed E-state index contributed by atoms with van der Waals surface area (Å²) in [6, 6.07) is 4.44. The van der Waals surface area contributed by atoms with Crippen LogP contribution in [0, 0.1) is 11.8 Å². The molecule has 1 saturated heterocycles. The molecule has 1 fully saturated rings. The van der Waals surface area contributed by atoms with Crippen LogP contribution < -0.4 is 98.6 Å². The first-order valence-electron chi connectivity index (χ1n) is 37.9. The number of carbonyl (C=O) groups is 16. The maximum Gasteiger partial charge on any atom is 0.245 e. The number of amides is 16. The fourth-order valence-electron chi connectivity index (χ4n) is 12.9. The fourth-order valence-corrected chi connectivity index (χ4v) is 12.9. The van der Waals surface area contributed by atoms with Crippen molar-refractivity contribution >= 4 is 111 Å². The molecule has 0 bridgehead atoms. The molecule has 0 unspecified atom stereocenters. The number of aliphatic hydroxyl groups is 1. The summed E-state index contributed by atoms with van der Waals surface area (Å²) < 4.78 is 0. The van der Waals surface area contributed by atoms with E-state index in [0.717, 1.165) is 0 Å². The van der Waals surface area contributed by atoms with Crippen LogP contribution >= 0.6 is 0 Å². The summed E-state index contributed by atoms with van der Waals surface area (Å²) in [4.78, 5) is 234. The minimum atomic E-state index is -2.03. The number of pyridine rings is 1. The van der Waals surface area contributed by atoms with E-state index in [1.807, 2.05) is 13.8 Å². The lowest BCUT2D eigenvalue weighted by Crippen LogP contribution is -2.62. The number of aromatic hydroxyl groups is 1. The second-order valence-corrected chi connectivity index (χ2v) is 29.2. The van der Waals surface area contributed by atoms with Gasteiger partial charge in [-0.3, -0.25) is 86.7 Å². The van der Waals surface area contributed by atoms with E-state index in [-0.39, 0.29) is 80.7 Å². The monoisotopic (exact) mass is 1630 g/mol. The summed E-state index contributed by atoms with van der Waals surface area (Å²) >= 11 is 0. The molecule has 28 N–H and O–H groups in total. The van der Waals surface area contributed by atoms with Crippen LogP contribution in [-0.2, 0) is 102 Å². The van der Waals surface area contributed by atoms with Gasteiger partial charge >= 0.3 is 0 Å². The van der Waals surface area contributed by atoms with Crippen LogP contribution in [0.5, 0.6) is 5.75 Å². The number of aromatic nitrogens is 2. The number of hydrogen-bond acceptors (Lipinski definition) is 21. The highest BCUT2D eigenvalue weighted by Gasteiger charge is 2.41. The molecule has 1 aliphatic heterocycles. The molecule has 3 heterocycles. The third kappa shape index (κ3) is 30.6. The Bertz CT molecular complexity index is 4350. The van der Waals surface area contributed by atoms with E-state index in [9.17, 15) is 86.9 Å². The topological polar surface area (TPSA) is 672 Å². The van der Waals surface area contributed by atoms with Gasteiger partial charge < -0.3 is 119 Å². The molecular weight excluding hydrogens is 1520 g/mol. The number of nitrogens with two attached hydrogens (primary N) is 7. The first-order valence-corrected chi connectivity index (χ1v) is 37.9. The third-order valence-electron chi connectivity index (χ3n) is 18.7. The molecule has 3 aromatic carbocycles. The number of carbonyl (C=O) groups excluding carboxylic acids is 16. The minimum absolute atomic E-state index is 0.00239. The number of H-pyrrole nitrogens is 1. The summed E-state index contributed by atoms with van der Waals surface area (Å²) in [5, 5.41) is 48.4. The lowest BCUT2D eigenvalue weighted by Gasteiger charge is -2.29. The molecule has 6 rings (SSSR count). The number of nitrogens with one attached hydrogen (secondary N) is 12. The van der Waals surface area contributed by atoms with E-state index >= 15 is 0 Å². The van der Waals surface area contributed by atoms with Crippen molar-refractivity contribution in [1.82, 2.24) is 73.4 Å². The average Bonchev–Trinajstić information content (AvgIpc) is 1.65. The van der Waals surface area contributed by atoms with Crippen molar-refractivity contribution in [3.05, 3.63) is 132 Å². The number of benzene rings is 3. The number of hydrogen-bond donors (Lipinski definition) is 21. The highest BCUT2D eigenvalue weighted by Crippen LogP contribution is 2.23. The van der Waals surface area contributed by atoms with Crippen LogP contribution in [0.3, 0.4) is 0 Å². The van der Waals surface area contributed by atoms with Crippen LogP contribution in [0.4, 0.5) is 0 Å². The fraction of sp³-hybridized carbons (Fsp3) is 0.455. The highest BCUT2D eigenvalue weighted by molar-refractivity contribution is 6.02. The van der Waals surface area contributed by atoms with Gasteiger partial charge in [0.05, 0.1) is 38.5 Å². The second-order valence-electron chi connectivity index (χ2n) is 29.2. The Morgan fingerprint density at radius 2 is 0.983 bits per heavy atom. The molecule has 40 nitrogen and oxygen atoms in total. The molecule has 0 saturated carbocycles. The highest BCUT2D eigenvalue weighted by atomic mass is 16.3. The SMILES string of the molecule is CC(C)C[C@H](NC(=O)CNC(=O)[C@H](Cc1ccccc1)NC(=O)[C@H](CO)NC(=O)[C@H](CC(N)=O)NC(=O)[C@H](Cc1c[nH]c2ccccc12)NC(=O)[C@H](CC(N)=O)NC(=O)[C@H](Cc1ccc(O)cc1)NC(=O)[C@H](CC(N)=O)NC(=O)[C@@H]1CCCN1C(=O)[C@@H](N)CC(C)C)C(=O)N[C@@H](CCCN=C(N)N)C(=O)N[C@@H](Cc1cccnc1)C(N)=O. The Labute approximate surface area is 673 Å². The summed E-state index contributed by atoms with van der Waals surface area (Å²) in [5.41, 5.74) is 41.9. The molecule has 1 aliphatic rings. The molecule has 117 heavy (non-hydrogen) atoms. The van der Waals surface area contributed by atoms with Crippen molar-refractivity contribution in [3.8, 4) is 5.75 Å². The van der Waals surface area contributed by atoms with Gasteiger partial charge in [0.1, 0.15) is 72.2 Å². The molecule has 632 valence electrons. The molecule has 12 atom stereocenters. The van der Waals surface area contributed by atoms with Crippen molar-refractivity contribution in [2.75, 3.05) is 26.2 Å². The van der Waals surface area contributed by atoms with Crippen molar-refractivity contribution in [2.45, 2.75) is 184 Å². The molecule has 5 aromatic rings. The molecule has 0 radical (unpaired) electrons. The predicted octanol–water partition coefficient (Wildman–Crippen LogP) is -5.93. The van der Waals surface area contributed by atoms with Gasteiger partial charge in [0.15, 0.2) is 5.96 Å². The summed E-state index contributed by atoms with van der Waals surface area (Å²) in [7, 11) is 0. The number of nitrogens with zero attached hydrogens (tertiary/aromatic N) is 3. The van der Waals surface area contributed by atoms with Crippen LogP contribution in [-0.4, -0.2) is 224 Å². The minimum Gasteiger partial charge on any atom is -0.508 e. The quantitative estimate of drug-likeness (QED) is 0.00980. The summed E-state index contributed by atoms with van der Waals surface area (Å²) in [6.45, 7) is 5.42. The lowest BCUT2D eigenvalue weighted by atomic mass is 10.0. The number of guanidine groups is 1. The van der Waals surface area contributed by atoms with Crippen molar-refractivity contribution in [1.29, 1.82) is 0 Å². The van der Waals surface area contributed by atoms with Gasteiger partial charge in [0.25, 0.3) is 0 Å². The number of rotatable bonds is 47. The van der Waals surface area contributed by atoms with Gasteiger partial charge in [-0.1, -0.05) is 94.4 Å². The standard InChI is InChI=1S/C77H106N22O18/c1-40(2)27-48(78)76(117)99-26-12-19-60(99)75(116)97-58(35-63(81)104)72(113)93-54(30-43-20-22-46(101)23-21-43)69(110)95-56(33-61(79)102)71(112)94-55(32-45-37-87-49-17-9-8-16-47(45)49)70(111)96-57(34-62(80)103)73(114)98-59(39-100)74(115)92-53(29-42-13-6-5-7-14-42)66(107)88-38-64(105)89-52(28-41(3)4)68(109)90-50(18-11-25-86-77(83)84)67(108)91-51(65(82)106)31-44-15-10-24-85-36-44/h5-10,13-17,20-24,36-37,40-41,48,50-60,87,100-101H,11-12,18-19,25-35,38-39,78H2,1-4H3,(H2,79,102)(H2,80,103)(H2,81,104)(H2,82,106)(H,88,107)(H,89,105)(H,90,109)(H,91,108)(H,92,115)(H,93,113)(H,94,112)(H,95,110)(H,96,111)(H,97,116)(H,98,114)(H4,83,84,86)/t48-,50-,51-,52-,53-,54-,55-,56-,57-,58-,59-,60-/m0/s1. The van der Waals surface area contributed by atoms with E-state index in [1.165, 1.54) is 47.8 Å². The predicted molar refractivity (Wildman–Crippen MR) is 423 cm³/mol. The van der Waals surface area contributed by atoms with Crippen LogP contribution in [0.15, 0.2) is 115 Å². The number of phenols is 1. The molecule has 40 heteroatoms. The van der Waals surface area contributed by atoms with Crippen molar-refractivity contribution < 1.29 is 86.9 Å². The smallest absolute Gasteiger partial charge is 0.245 e. The first-order chi connectivity index (χ1) is 55.5.